The monoisotopic (exact) mass is 352 g/mol. The van der Waals surface area contributed by atoms with Gasteiger partial charge < -0.3 is 14.2 Å². The Balaban J connectivity index is 1.70. The first-order chi connectivity index (χ1) is 11.7. The van der Waals surface area contributed by atoms with Crippen molar-refractivity contribution in [3.63, 3.8) is 0 Å². The first kappa shape index (κ1) is 17.7. The van der Waals surface area contributed by atoms with Crippen LogP contribution in [0.15, 0.2) is 24.3 Å². The Kier molecular flexibility index (Phi) is 6.14. The Morgan fingerprint density at radius 3 is 2.67 bits per heavy atom. The lowest BCUT2D eigenvalue weighted by Crippen LogP contribution is -2.37. The lowest BCUT2D eigenvalue weighted by molar-refractivity contribution is -0.206. The molecular weight excluding hydrogens is 328 g/mol. The third-order valence-corrected chi connectivity index (χ3v) is 5.32. The van der Waals surface area contributed by atoms with Crippen LogP contribution in [0.5, 0.6) is 0 Å². The maximum Gasteiger partial charge on any atom is 0.311 e. The molecule has 2 aliphatic rings. The Morgan fingerprint density at radius 1 is 1.21 bits per heavy atom. The SMILES string of the molecule is COC(=O)C1CCC(Cc2ccc(Cl)cc2)C1OC1CCCCO1. The Labute approximate surface area is 148 Å². The summed E-state index contributed by atoms with van der Waals surface area (Å²) in [5, 5.41) is 0.737. The molecule has 1 aliphatic carbocycles. The van der Waals surface area contributed by atoms with Gasteiger partial charge in [0.05, 0.1) is 19.1 Å². The maximum atomic E-state index is 12.1. The first-order valence-corrected chi connectivity index (χ1v) is 9.14. The summed E-state index contributed by atoms with van der Waals surface area (Å²) >= 11 is 5.97. The zero-order valence-corrected chi connectivity index (χ0v) is 14.8. The van der Waals surface area contributed by atoms with Gasteiger partial charge in [-0.3, -0.25) is 4.79 Å². The average molecular weight is 353 g/mol. The van der Waals surface area contributed by atoms with Gasteiger partial charge in [-0.15, -0.1) is 0 Å². The van der Waals surface area contributed by atoms with Gasteiger partial charge in [0.1, 0.15) is 0 Å². The van der Waals surface area contributed by atoms with E-state index in [0.717, 1.165) is 50.2 Å². The summed E-state index contributed by atoms with van der Waals surface area (Å²) in [4.78, 5) is 12.1. The molecule has 0 spiro atoms. The van der Waals surface area contributed by atoms with Gasteiger partial charge in [0.2, 0.25) is 0 Å². The molecule has 0 radical (unpaired) electrons. The quantitative estimate of drug-likeness (QED) is 0.751. The first-order valence-electron chi connectivity index (χ1n) is 8.76. The van der Waals surface area contributed by atoms with E-state index >= 15 is 0 Å². The van der Waals surface area contributed by atoms with Crippen molar-refractivity contribution in [2.75, 3.05) is 13.7 Å². The van der Waals surface area contributed by atoms with Crippen molar-refractivity contribution in [3.8, 4) is 0 Å². The molecular formula is C19H25ClO4. The molecule has 1 aromatic carbocycles. The second kappa shape index (κ2) is 8.32. The second-order valence-electron chi connectivity index (χ2n) is 6.69. The number of carbonyl (C=O) groups excluding carboxylic acids is 1. The number of esters is 1. The summed E-state index contributed by atoms with van der Waals surface area (Å²) in [6.45, 7) is 0.738. The molecule has 0 amide bonds. The fraction of sp³-hybridized carbons (Fsp3) is 0.632. The van der Waals surface area contributed by atoms with Crippen LogP contribution >= 0.6 is 11.6 Å². The van der Waals surface area contributed by atoms with E-state index in [1.54, 1.807) is 0 Å². The van der Waals surface area contributed by atoms with Gasteiger partial charge in [0.15, 0.2) is 6.29 Å². The van der Waals surface area contributed by atoms with Gasteiger partial charge in [-0.1, -0.05) is 23.7 Å². The lowest BCUT2D eigenvalue weighted by Gasteiger charge is -2.31. The summed E-state index contributed by atoms with van der Waals surface area (Å²) in [5.41, 5.74) is 1.22. The second-order valence-corrected chi connectivity index (χ2v) is 7.13. The highest BCUT2D eigenvalue weighted by atomic mass is 35.5. The fourth-order valence-electron chi connectivity index (χ4n) is 3.80. The molecule has 0 N–H and O–H groups in total. The molecule has 4 unspecified atom stereocenters. The molecule has 1 aromatic rings. The van der Waals surface area contributed by atoms with Crippen molar-refractivity contribution in [1.29, 1.82) is 0 Å². The predicted octanol–water partition coefficient (Wildman–Crippen LogP) is 3.99. The summed E-state index contributed by atoms with van der Waals surface area (Å²) in [7, 11) is 1.45. The highest BCUT2D eigenvalue weighted by Crippen LogP contribution is 2.38. The lowest BCUT2D eigenvalue weighted by atomic mass is 9.93. The summed E-state index contributed by atoms with van der Waals surface area (Å²) < 4.78 is 17.0. The maximum absolute atomic E-state index is 12.1. The van der Waals surface area contributed by atoms with Crippen LogP contribution in [0.2, 0.25) is 5.02 Å². The zero-order valence-electron chi connectivity index (χ0n) is 14.1. The molecule has 4 nitrogen and oxygen atoms in total. The number of benzene rings is 1. The number of methoxy groups -OCH3 is 1. The van der Waals surface area contributed by atoms with Gasteiger partial charge in [-0.2, -0.15) is 0 Å². The molecule has 5 heteroatoms. The van der Waals surface area contributed by atoms with Crippen LogP contribution in [0.3, 0.4) is 0 Å². The Bertz CT molecular complexity index is 539. The van der Waals surface area contributed by atoms with Gasteiger partial charge in [0, 0.05) is 11.6 Å². The number of hydrogen-bond donors (Lipinski definition) is 0. The van der Waals surface area contributed by atoms with Crippen LogP contribution in [0.25, 0.3) is 0 Å². The van der Waals surface area contributed by atoms with E-state index in [2.05, 4.69) is 0 Å². The minimum atomic E-state index is -0.196. The average Bonchev–Trinajstić information content (AvgIpc) is 2.99. The highest BCUT2D eigenvalue weighted by Gasteiger charge is 2.43. The van der Waals surface area contributed by atoms with Crippen molar-refractivity contribution >= 4 is 17.6 Å². The van der Waals surface area contributed by atoms with Crippen LogP contribution in [0.1, 0.15) is 37.7 Å². The van der Waals surface area contributed by atoms with E-state index < -0.39 is 0 Å². The largest absolute Gasteiger partial charge is 0.469 e. The minimum absolute atomic E-state index is 0.142. The predicted molar refractivity (Wildman–Crippen MR) is 91.9 cm³/mol. The van der Waals surface area contributed by atoms with E-state index in [-0.39, 0.29) is 24.3 Å². The van der Waals surface area contributed by atoms with Crippen LogP contribution < -0.4 is 0 Å². The van der Waals surface area contributed by atoms with Gasteiger partial charge >= 0.3 is 5.97 Å². The molecule has 0 aromatic heterocycles. The van der Waals surface area contributed by atoms with Gasteiger partial charge in [-0.25, -0.2) is 0 Å². The van der Waals surface area contributed by atoms with E-state index in [1.807, 2.05) is 24.3 Å². The number of rotatable bonds is 5. The molecule has 132 valence electrons. The molecule has 1 aliphatic heterocycles. The third kappa shape index (κ3) is 4.29. The van der Waals surface area contributed by atoms with Crippen molar-refractivity contribution in [1.82, 2.24) is 0 Å². The summed E-state index contributed by atoms with van der Waals surface area (Å²) in [6.07, 6.45) is 5.40. The van der Waals surface area contributed by atoms with Crippen LogP contribution in [-0.4, -0.2) is 32.1 Å². The van der Waals surface area contributed by atoms with Crippen molar-refractivity contribution in [3.05, 3.63) is 34.9 Å². The Hall–Kier alpha value is -1.10. The molecule has 1 saturated carbocycles. The molecule has 2 fully saturated rings. The van der Waals surface area contributed by atoms with E-state index in [4.69, 9.17) is 25.8 Å². The topological polar surface area (TPSA) is 44.8 Å². The highest BCUT2D eigenvalue weighted by molar-refractivity contribution is 6.30. The summed E-state index contributed by atoms with van der Waals surface area (Å²) in [5.74, 6) is -0.0759. The van der Waals surface area contributed by atoms with Crippen molar-refractivity contribution in [2.24, 2.45) is 11.8 Å². The number of hydrogen-bond acceptors (Lipinski definition) is 4. The minimum Gasteiger partial charge on any atom is -0.469 e. The van der Waals surface area contributed by atoms with Crippen LogP contribution in [0, 0.1) is 11.8 Å². The van der Waals surface area contributed by atoms with Gasteiger partial charge in [-0.05, 0) is 62.1 Å². The molecule has 1 heterocycles. The molecule has 4 atom stereocenters. The van der Waals surface area contributed by atoms with Crippen molar-refractivity contribution < 1.29 is 19.0 Å². The summed E-state index contributed by atoms with van der Waals surface area (Å²) in [6, 6.07) is 7.90. The third-order valence-electron chi connectivity index (χ3n) is 5.07. The zero-order chi connectivity index (χ0) is 16.9. The molecule has 3 rings (SSSR count). The van der Waals surface area contributed by atoms with Gasteiger partial charge in [0.25, 0.3) is 0 Å². The van der Waals surface area contributed by atoms with E-state index in [0.29, 0.717) is 5.92 Å². The number of ether oxygens (including phenoxy) is 3. The number of carbonyl (C=O) groups is 1. The standard InChI is InChI=1S/C19H25ClO4/c1-22-19(21)16-10-7-14(12-13-5-8-15(20)9-6-13)18(16)24-17-4-2-3-11-23-17/h5-6,8-9,14,16-18H,2-4,7,10-12H2,1H3. The Morgan fingerprint density at radius 2 is 2.00 bits per heavy atom. The normalized spacial score (nSPS) is 30.2. The molecule has 1 saturated heterocycles. The fourth-order valence-corrected chi connectivity index (χ4v) is 3.92. The van der Waals surface area contributed by atoms with Crippen LogP contribution in [0.4, 0.5) is 0 Å². The molecule has 0 bridgehead atoms. The van der Waals surface area contributed by atoms with Crippen molar-refractivity contribution in [2.45, 2.75) is 50.9 Å². The van der Waals surface area contributed by atoms with Crippen LogP contribution in [-0.2, 0) is 25.4 Å². The number of halogens is 1. The van der Waals surface area contributed by atoms with E-state index in [1.165, 1.54) is 12.7 Å². The van der Waals surface area contributed by atoms with E-state index in [9.17, 15) is 4.79 Å². The smallest absolute Gasteiger partial charge is 0.311 e. The molecule has 24 heavy (non-hydrogen) atoms.